The summed E-state index contributed by atoms with van der Waals surface area (Å²) in [6.45, 7) is 0. The smallest absolute Gasteiger partial charge is 0.265 e. The van der Waals surface area contributed by atoms with Gasteiger partial charge in [-0.05, 0) is 46.9 Å². The zero-order valence-corrected chi connectivity index (χ0v) is 15.6. The Hall–Kier alpha value is -3.45. The summed E-state index contributed by atoms with van der Waals surface area (Å²) in [5.74, 6) is -0.703. The normalized spacial score (nSPS) is 12.4. The van der Waals surface area contributed by atoms with Gasteiger partial charge in [-0.15, -0.1) is 11.3 Å². The number of benzene rings is 2. The maximum absolute atomic E-state index is 12.9. The number of rotatable bonds is 4. The van der Waals surface area contributed by atoms with Gasteiger partial charge in [-0.3, -0.25) is 14.9 Å². The van der Waals surface area contributed by atoms with Gasteiger partial charge in [0.2, 0.25) is 0 Å². The Bertz CT molecular complexity index is 1240. The Labute approximate surface area is 164 Å². The molecule has 2 heterocycles. The molecule has 0 radical (unpaired) electrons. The van der Waals surface area contributed by atoms with E-state index in [1.165, 1.54) is 27.8 Å². The summed E-state index contributed by atoms with van der Waals surface area (Å²) in [6.07, 6.45) is 3.72. The topological polar surface area (TPSA) is 101 Å². The summed E-state index contributed by atoms with van der Waals surface area (Å²) in [5.41, 5.74) is 10.3. The molecule has 6 nitrogen and oxygen atoms in total. The Morgan fingerprint density at radius 2 is 1.96 bits per heavy atom. The first-order chi connectivity index (χ1) is 13.6. The number of carbonyl (C=O) groups excluding carboxylic acids is 2. The zero-order chi connectivity index (χ0) is 19.3. The van der Waals surface area contributed by atoms with Crippen molar-refractivity contribution in [2.45, 2.75) is 12.8 Å². The zero-order valence-electron chi connectivity index (χ0n) is 14.8. The molecule has 0 aliphatic heterocycles. The number of nitrogens with one attached hydrogen (secondary N) is 2. The van der Waals surface area contributed by atoms with Crippen LogP contribution in [0.1, 0.15) is 32.0 Å². The lowest BCUT2D eigenvalue weighted by Gasteiger charge is -2.08. The molecule has 4 aromatic rings. The number of aromatic nitrogens is 2. The Morgan fingerprint density at radius 1 is 1.14 bits per heavy atom. The fraction of sp³-hybridized carbons (Fsp3) is 0.0952. The maximum Gasteiger partial charge on any atom is 0.265 e. The number of carbonyl (C=O) groups is 2. The summed E-state index contributed by atoms with van der Waals surface area (Å²) in [4.78, 5) is 31.4. The molecule has 2 aromatic carbocycles. The second-order valence-electron chi connectivity index (χ2n) is 6.77. The van der Waals surface area contributed by atoms with Crippen LogP contribution in [0.15, 0.2) is 48.0 Å². The predicted molar refractivity (Wildman–Crippen MR) is 110 cm³/mol. The van der Waals surface area contributed by atoms with Gasteiger partial charge >= 0.3 is 0 Å². The average Bonchev–Trinajstić information content (AvgIpc) is 3.42. The van der Waals surface area contributed by atoms with Crippen molar-refractivity contribution in [3.63, 3.8) is 0 Å². The fourth-order valence-corrected chi connectivity index (χ4v) is 4.47. The largest absolute Gasteiger partial charge is 0.364 e. The SMILES string of the molecule is NC(=O)c1cc(-c2csc(NC(=O)c3ccc4c5c(cccc35)CC4)n2)c[nH]1. The number of hydrogen-bond acceptors (Lipinski definition) is 4. The van der Waals surface area contributed by atoms with E-state index in [-0.39, 0.29) is 5.91 Å². The van der Waals surface area contributed by atoms with Gasteiger partial charge in [-0.25, -0.2) is 4.98 Å². The van der Waals surface area contributed by atoms with Gasteiger partial charge < -0.3 is 10.7 Å². The Kier molecular flexibility index (Phi) is 3.77. The van der Waals surface area contributed by atoms with Gasteiger partial charge in [-0.2, -0.15) is 0 Å². The highest BCUT2D eigenvalue weighted by Gasteiger charge is 2.19. The van der Waals surface area contributed by atoms with Crippen LogP contribution in [0.4, 0.5) is 5.13 Å². The molecule has 0 unspecified atom stereocenters. The van der Waals surface area contributed by atoms with E-state index in [2.05, 4.69) is 21.4 Å². The van der Waals surface area contributed by atoms with Crippen molar-refractivity contribution in [1.29, 1.82) is 0 Å². The molecule has 0 atom stereocenters. The highest BCUT2D eigenvalue weighted by Crippen LogP contribution is 2.33. The number of primary amides is 1. The van der Waals surface area contributed by atoms with E-state index >= 15 is 0 Å². The number of hydrogen-bond donors (Lipinski definition) is 3. The molecular weight excluding hydrogens is 372 g/mol. The van der Waals surface area contributed by atoms with Crippen LogP contribution in [0, 0.1) is 0 Å². The van der Waals surface area contributed by atoms with Crippen LogP contribution in [-0.4, -0.2) is 21.8 Å². The van der Waals surface area contributed by atoms with Gasteiger partial charge in [-0.1, -0.05) is 24.3 Å². The lowest BCUT2D eigenvalue weighted by atomic mass is 9.99. The number of aryl methyl sites for hydroxylation is 2. The van der Waals surface area contributed by atoms with E-state index < -0.39 is 5.91 Å². The van der Waals surface area contributed by atoms with E-state index in [0.29, 0.717) is 22.1 Å². The number of H-pyrrole nitrogens is 1. The molecule has 2 aromatic heterocycles. The molecule has 7 heteroatoms. The quantitative estimate of drug-likeness (QED) is 0.496. The third-order valence-corrected chi connectivity index (χ3v) is 5.85. The van der Waals surface area contributed by atoms with Crippen molar-refractivity contribution >= 4 is 39.1 Å². The van der Waals surface area contributed by atoms with Crippen LogP contribution < -0.4 is 11.1 Å². The third-order valence-electron chi connectivity index (χ3n) is 5.09. The van der Waals surface area contributed by atoms with Gasteiger partial charge in [0.15, 0.2) is 5.13 Å². The molecule has 2 amide bonds. The molecule has 138 valence electrons. The van der Waals surface area contributed by atoms with Gasteiger partial charge in [0.1, 0.15) is 5.69 Å². The monoisotopic (exact) mass is 388 g/mol. The van der Waals surface area contributed by atoms with E-state index in [1.807, 2.05) is 29.6 Å². The number of amides is 2. The van der Waals surface area contributed by atoms with Crippen LogP contribution in [0.25, 0.3) is 22.0 Å². The summed E-state index contributed by atoms with van der Waals surface area (Å²) in [7, 11) is 0. The Balaban J connectivity index is 1.43. The minimum Gasteiger partial charge on any atom is -0.364 e. The van der Waals surface area contributed by atoms with E-state index in [1.54, 1.807) is 12.3 Å². The summed E-state index contributed by atoms with van der Waals surface area (Å²) in [6, 6.07) is 11.7. The highest BCUT2D eigenvalue weighted by molar-refractivity contribution is 7.14. The number of nitrogens with two attached hydrogens (primary N) is 1. The highest BCUT2D eigenvalue weighted by atomic mass is 32.1. The first-order valence-electron chi connectivity index (χ1n) is 8.89. The van der Waals surface area contributed by atoms with Crippen LogP contribution in [0.2, 0.25) is 0 Å². The minimum absolute atomic E-state index is 0.177. The second-order valence-corrected chi connectivity index (χ2v) is 7.63. The summed E-state index contributed by atoms with van der Waals surface area (Å²) in [5, 5.41) is 7.43. The van der Waals surface area contributed by atoms with Crippen molar-refractivity contribution in [2.75, 3.05) is 5.32 Å². The molecule has 0 saturated carbocycles. The average molecular weight is 388 g/mol. The minimum atomic E-state index is -0.526. The lowest BCUT2D eigenvalue weighted by Crippen LogP contribution is -2.12. The van der Waals surface area contributed by atoms with E-state index in [9.17, 15) is 9.59 Å². The molecule has 5 rings (SSSR count). The molecule has 0 spiro atoms. The molecule has 0 fully saturated rings. The second kappa shape index (κ2) is 6.31. The van der Waals surface area contributed by atoms with Crippen LogP contribution in [0.5, 0.6) is 0 Å². The number of anilines is 1. The molecule has 1 aliphatic carbocycles. The fourth-order valence-electron chi connectivity index (χ4n) is 3.76. The van der Waals surface area contributed by atoms with Gasteiger partial charge in [0, 0.05) is 22.7 Å². The molecule has 0 bridgehead atoms. The lowest BCUT2D eigenvalue weighted by molar-refractivity contribution is 0.0994. The van der Waals surface area contributed by atoms with Crippen molar-refractivity contribution in [3.05, 3.63) is 70.4 Å². The van der Waals surface area contributed by atoms with Crippen molar-refractivity contribution in [3.8, 4) is 11.3 Å². The van der Waals surface area contributed by atoms with Gasteiger partial charge in [0.05, 0.1) is 5.69 Å². The number of nitrogens with zero attached hydrogens (tertiary/aromatic N) is 1. The first-order valence-corrected chi connectivity index (χ1v) is 9.77. The number of aromatic amines is 1. The van der Waals surface area contributed by atoms with E-state index in [4.69, 9.17) is 5.73 Å². The van der Waals surface area contributed by atoms with Gasteiger partial charge in [0.25, 0.3) is 11.8 Å². The van der Waals surface area contributed by atoms with Crippen LogP contribution >= 0.6 is 11.3 Å². The molecule has 28 heavy (non-hydrogen) atoms. The Morgan fingerprint density at radius 3 is 2.75 bits per heavy atom. The standard InChI is InChI=1S/C21H16N4O2S/c22-19(26)16-8-13(9-23-16)17-10-28-21(24-17)25-20(27)15-7-6-12-5-4-11-2-1-3-14(15)18(11)12/h1-3,6-10,23H,4-5H2,(H2,22,26)(H,24,25,27). The summed E-state index contributed by atoms with van der Waals surface area (Å²) < 4.78 is 0. The number of thiazole rings is 1. The van der Waals surface area contributed by atoms with Crippen molar-refractivity contribution < 1.29 is 9.59 Å². The molecule has 4 N–H and O–H groups in total. The van der Waals surface area contributed by atoms with Crippen molar-refractivity contribution in [2.24, 2.45) is 5.73 Å². The van der Waals surface area contributed by atoms with E-state index in [0.717, 1.165) is 23.8 Å². The summed E-state index contributed by atoms with van der Waals surface area (Å²) >= 11 is 1.34. The predicted octanol–water partition coefficient (Wildman–Crippen LogP) is 3.74. The molecule has 1 aliphatic rings. The molecular formula is C21H16N4O2S. The molecule has 0 saturated heterocycles. The maximum atomic E-state index is 12.9. The third kappa shape index (κ3) is 2.68. The van der Waals surface area contributed by atoms with Crippen LogP contribution in [0.3, 0.4) is 0 Å². The van der Waals surface area contributed by atoms with Crippen LogP contribution in [-0.2, 0) is 12.8 Å². The first kappa shape index (κ1) is 16.7. The van der Waals surface area contributed by atoms with Crippen molar-refractivity contribution in [1.82, 2.24) is 9.97 Å².